The molecule has 10 nitrogen and oxygen atoms in total. The summed E-state index contributed by atoms with van der Waals surface area (Å²) in [6.07, 6.45) is 4.27. The third-order valence-corrected chi connectivity index (χ3v) is 9.61. The van der Waals surface area contributed by atoms with Crippen LogP contribution in [0.1, 0.15) is 77.2 Å². The lowest BCUT2D eigenvalue weighted by molar-refractivity contribution is -0.118. The second-order valence-corrected chi connectivity index (χ2v) is 13.4. The first-order chi connectivity index (χ1) is 25.3. The molecule has 1 aliphatic heterocycles. The summed E-state index contributed by atoms with van der Waals surface area (Å²) < 4.78 is 7.44. The van der Waals surface area contributed by atoms with Crippen LogP contribution in [0.5, 0.6) is 5.75 Å². The Morgan fingerprint density at radius 2 is 1.60 bits per heavy atom. The minimum absolute atomic E-state index is 0.139. The van der Waals surface area contributed by atoms with Crippen LogP contribution in [0.4, 0.5) is 5.69 Å². The Balaban J connectivity index is 1.30. The van der Waals surface area contributed by atoms with Crippen molar-refractivity contribution in [2.24, 2.45) is 0 Å². The highest BCUT2D eigenvalue weighted by molar-refractivity contribution is 6.01. The molecule has 270 valence electrons. The lowest BCUT2D eigenvalue weighted by Gasteiger charge is -2.36. The van der Waals surface area contributed by atoms with E-state index in [1.165, 1.54) is 0 Å². The number of amides is 3. The monoisotopic (exact) mass is 701 g/mol. The normalized spacial score (nSPS) is 13.8. The fourth-order valence-corrected chi connectivity index (χ4v) is 6.71. The van der Waals surface area contributed by atoms with Gasteiger partial charge in [-0.15, -0.1) is 0 Å². The van der Waals surface area contributed by atoms with Gasteiger partial charge in [-0.3, -0.25) is 14.4 Å². The first-order valence-electron chi connectivity index (χ1n) is 18.2. The van der Waals surface area contributed by atoms with Crippen molar-refractivity contribution in [1.29, 1.82) is 0 Å². The Labute approximate surface area is 305 Å². The molecule has 4 aromatic carbocycles. The number of unbranched alkanes of at least 4 members (excludes halogenated alkanes) is 2. The molecule has 0 saturated carbocycles. The van der Waals surface area contributed by atoms with E-state index in [1.807, 2.05) is 78.6 Å². The molecule has 10 heteroatoms. The first kappa shape index (κ1) is 36.3. The highest BCUT2D eigenvalue weighted by atomic mass is 16.5. The number of ether oxygens (including phenoxy) is 1. The predicted molar refractivity (Wildman–Crippen MR) is 203 cm³/mol. The maximum atomic E-state index is 14.6. The summed E-state index contributed by atoms with van der Waals surface area (Å²) >= 11 is 0. The SMILES string of the molecule is CCCCN(CCCC)C(=O)c1cc(C)n(-c2ccc(NC(=O)COc3ccc4ccccc4c3)cc2C(=O)N2Cc3ccccc3C[C@H]2CO)n1. The molecule has 1 atom stereocenters. The number of aromatic nitrogens is 2. The van der Waals surface area contributed by atoms with E-state index in [1.54, 1.807) is 33.8 Å². The van der Waals surface area contributed by atoms with Crippen molar-refractivity contribution in [3.05, 3.63) is 119 Å². The Kier molecular flexibility index (Phi) is 11.7. The van der Waals surface area contributed by atoms with Crippen molar-refractivity contribution in [3.8, 4) is 11.4 Å². The van der Waals surface area contributed by atoms with Gasteiger partial charge in [0.15, 0.2) is 12.3 Å². The highest BCUT2D eigenvalue weighted by Crippen LogP contribution is 2.29. The van der Waals surface area contributed by atoms with E-state index in [0.717, 1.165) is 47.6 Å². The van der Waals surface area contributed by atoms with Crippen LogP contribution >= 0.6 is 0 Å². The first-order valence-corrected chi connectivity index (χ1v) is 18.2. The van der Waals surface area contributed by atoms with Crippen LogP contribution < -0.4 is 10.1 Å². The standard InChI is InChI=1S/C42H47N5O5/c1-4-6-20-45(21-7-5-2)42(51)38-22-29(3)47(44-38)39-19-17-34(43-40(49)28-52-36-18-16-30-12-8-9-14-32(30)24-36)25-37(39)41(50)46-26-33-15-11-10-13-31(33)23-35(46)27-48/h8-19,22,24-25,35,48H,4-7,20-21,23,26-28H2,1-3H3,(H,43,49)/t35-/m0/s1. The zero-order chi connectivity index (χ0) is 36.6. The van der Waals surface area contributed by atoms with Gasteiger partial charge in [-0.05, 0) is 84.5 Å². The van der Waals surface area contributed by atoms with E-state index < -0.39 is 6.04 Å². The van der Waals surface area contributed by atoms with Gasteiger partial charge in [0.2, 0.25) is 0 Å². The van der Waals surface area contributed by atoms with Crippen molar-refractivity contribution in [2.75, 3.05) is 31.6 Å². The number of anilines is 1. The number of carbonyl (C=O) groups is 3. The van der Waals surface area contributed by atoms with Crippen molar-refractivity contribution < 1.29 is 24.2 Å². The van der Waals surface area contributed by atoms with Gasteiger partial charge in [-0.2, -0.15) is 5.10 Å². The average molecular weight is 702 g/mol. The second-order valence-electron chi connectivity index (χ2n) is 13.4. The molecule has 3 amide bonds. The molecule has 6 rings (SSSR count). The number of aryl methyl sites for hydroxylation is 1. The molecule has 0 unspecified atom stereocenters. The molecule has 0 aliphatic carbocycles. The van der Waals surface area contributed by atoms with E-state index in [0.29, 0.717) is 54.6 Å². The quantitative estimate of drug-likeness (QED) is 0.129. The summed E-state index contributed by atoms with van der Waals surface area (Å²) in [6, 6.07) is 27.9. The number of nitrogens with one attached hydrogen (secondary N) is 1. The van der Waals surface area contributed by atoms with Crippen molar-refractivity contribution in [3.63, 3.8) is 0 Å². The van der Waals surface area contributed by atoms with Crippen LogP contribution in [0.15, 0.2) is 91.0 Å². The highest BCUT2D eigenvalue weighted by Gasteiger charge is 2.32. The van der Waals surface area contributed by atoms with Gasteiger partial charge < -0.3 is 25.0 Å². The molecule has 0 spiro atoms. The third kappa shape index (κ3) is 8.18. The molecule has 0 bridgehead atoms. The Bertz CT molecular complexity index is 2050. The smallest absolute Gasteiger partial charge is 0.274 e. The van der Waals surface area contributed by atoms with E-state index in [4.69, 9.17) is 9.84 Å². The number of fused-ring (bicyclic) bond motifs is 2. The van der Waals surface area contributed by atoms with E-state index in [-0.39, 0.29) is 36.5 Å². The van der Waals surface area contributed by atoms with Crippen molar-refractivity contribution in [1.82, 2.24) is 19.6 Å². The molecule has 1 aromatic heterocycles. The lowest BCUT2D eigenvalue weighted by atomic mass is 9.93. The van der Waals surface area contributed by atoms with Crippen molar-refractivity contribution in [2.45, 2.75) is 65.5 Å². The molecular formula is C42H47N5O5. The molecule has 52 heavy (non-hydrogen) atoms. The Morgan fingerprint density at radius 1 is 0.885 bits per heavy atom. The molecule has 1 aliphatic rings. The molecule has 5 aromatic rings. The van der Waals surface area contributed by atoms with E-state index in [2.05, 4.69) is 19.2 Å². The van der Waals surface area contributed by atoms with Gasteiger partial charge in [0, 0.05) is 31.0 Å². The summed E-state index contributed by atoms with van der Waals surface area (Å²) in [5.74, 6) is -0.271. The topological polar surface area (TPSA) is 117 Å². The van der Waals surface area contributed by atoms with Gasteiger partial charge in [-0.1, -0.05) is 81.3 Å². The number of aliphatic hydroxyl groups excluding tert-OH is 1. The van der Waals surface area contributed by atoms with Crippen molar-refractivity contribution >= 4 is 34.2 Å². The summed E-state index contributed by atoms with van der Waals surface area (Å²) in [5.41, 5.74) is 4.27. The van der Waals surface area contributed by atoms with Crippen LogP contribution in [-0.4, -0.2) is 74.8 Å². The fraction of sp³-hybridized carbons (Fsp3) is 0.333. The largest absolute Gasteiger partial charge is 0.484 e. The van der Waals surface area contributed by atoms with Crippen LogP contribution in [0.3, 0.4) is 0 Å². The fourth-order valence-electron chi connectivity index (χ4n) is 6.71. The molecule has 0 saturated heterocycles. The van der Waals surface area contributed by atoms with Gasteiger partial charge in [-0.25, -0.2) is 4.68 Å². The van der Waals surface area contributed by atoms with Gasteiger partial charge in [0.05, 0.1) is 23.9 Å². The van der Waals surface area contributed by atoms with Crippen LogP contribution in [0.25, 0.3) is 16.5 Å². The number of benzene rings is 4. The Morgan fingerprint density at radius 3 is 2.33 bits per heavy atom. The number of hydrogen-bond donors (Lipinski definition) is 2. The van der Waals surface area contributed by atoms with Gasteiger partial charge in [0.1, 0.15) is 5.75 Å². The number of nitrogens with zero attached hydrogens (tertiary/aromatic N) is 4. The number of rotatable bonds is 14. The molecule has 0 radical (unpaired) electrons. The van der Waals surface area contributed by atoms with Crippen LogP contribution in [0.2, 0.25) is 0 Å². The second kappa shape index (κ2) is 16.7. The average Bonchev–Trinajstić information content (AvgIpc) is 3.56. The van der Waals surface area contributed by atoms with E-state index in [9.17, 15) is 19.5 Å². The summed E-state index contributed by atoms with van der Waals surface area (Å²) in [4.78, 5) is 45.0. The minimum Gasteiger partial charge on any atom is -0.484 e. The number of aliphatic hydroxyl groups is 1. The summed E-state index contributed by atoms with van der Waals surface area (Å²) in [7, 11) is 0. The van der Waals surface area contributed by atoms with Crippen LogP contribution in [0, 0.1) is 6.92 Å². The third-order valence-electron chi connectivity index (χ3n) is 9.61. The number of hydrogen-bond acceptors (Lipinski definition) is 6. The molecule has 0 fully saturated rings. The maximum Gasteiger partial charge on any atom is 0.274 e. The zero-order valence-corrected chi connectivity index (χ0v) is 30.2. The summed E-state index contributed by atoms with van der Waals surface area (Å²) in [5, 5.41) is 20.1. The molecule has 2 heterocycles. The van der Waals surface area contributed by atoms with Gasteiger partial charge in [0.25, 0.3) is 17.7 Å². The molecular weight excluding hydrogens is 654 g/mol. The van der Waals surface area contributed by atoms with Gasteiger partial charge >= 0.3 is 0 Å². The number of carbonyl (C=O) groups excluding carboxylic acids is 3. The zero-order valence-electron chi connectivity index (χ0n) is 30.2. The Hall–Kier alpha value is -5.48. The maximum absolute atomic E-state index is 14.6. The minimum atomic E-state index is -0.439. The lowest BCUT2D eigenvalue weighted by Crippen LogP contribution is -2.46. The van der Waals surface area contributed by atoms with Crippen LogP contribution in [-0.2, 0) is 17.8 Å². The van der Waals surface area contributed by atoms with E-state index >= 15 is 0 Å². The predicted octanol–water partition coefficient (Wildman–Crippen LogP) is 6.95. The molecule has 2 N–H and O–H groups in total. The summed E-state index contributed by atoms with van der Waals surface area (Å²) in [6.45, 7) is 7.26.